The van der Waals surface area contributed by atoms with E-state index < -0.39 is 48.3 Å². The molecule has 0 spiro atoms. The van der Waals surface area contributed by atoms with Gasteiger partial charge in [0, 0.05) is 23.8 Å². The number of thioether (sulfide) groups is 1. The first kappa shape index (κ1) is 37.7. The van der Waals surface area contributed by atoms with Gasteiger partial charge in [0.05, 0.1) is 13.5 Å². The molecule has 0 aliphatic rings. The number of benzene rings is 1. The molecule has 4 unspecified atom stereocenters. The molecule has 7 N–H and O–H groups in total. The number of phenols is 1. The summed E-state index contributed by atoms with van der Waals surface area (Å²) >= 11 is 1.34. The van der Waals surface area contributed by atoms with Gasteiger partial charge in [-0.3, -0.25) is 19.2 Å². The molecule has 0 heterocycles. The van der Waals surface area contributed by atoms with E-state index >= 15 is 0 Å². The number of aryl methyl sites for hydroxylation is 1. The lowest BCUT2D eigenvalue weighted by Gasteiger charge is -2.24. The van der Waals surface area contributed by atoms with Crippen molar-refractivity contribution >= 4 is 41.3 Å². The number of amides is 2. The van der Waals surface area contributed by atoms with Crippen LogP contribution in [0.15, 0.2) is 18.2 Å². The summed E-state index contributed by atoms with van der Waals surface area (Å²) in [6, 6.07) is 1.13. The highest BCUT2D eigenvalue weighted by molar-refractivity contribution is 8.00. The molecule has 0 saturated heterocycles. The molecule has 0 aliphatic carbocycles. The van der Waals surface area contributed by atoms with Crippen LogP contribution in [0.1, 0.15) is 77.7 Å². The van der Waals surface area contributed by atoms with Crippen LogP contribution >= 0.6 is 11.8 Å². The number of phenolic OH excluding ortho intramolecular Hbond substituents is 1. The monoisotopic (exact) mass is 625 g/mol. The number of unbranched alkanes of at least 4 members (excludes halogenated alkanes) is 2. The van der Waals surface area contributed by atoms with Crippen molar-refractivity contribution in [3.8, 4) is 11.5 Å². The third kappa shape index (κ3) is 15.1. The number of nitrogens with one attached hydrogen (secondary N) is 2. The second kappa shape index (κ2) is 19.8. The van der Waals surface area contributed by atoms with E-state index in [1.807, 2.05) is 13.8 Å². The Morgan fingerprint density at radius 3 is 2.28 bits per heavy atom. The number of carbonyl (C=O) groups excluding carboxylic acids is 3. The van der Waals surface area contributed by atoms with Gasteiger partial charge >= 0.3 is 11.9 Å². The number of carboxylic acids is 2. The number of Topliss-reactive ketones (excluding diaryl/α,β-unsaturated/α-hetero) is 1. The maximum absolute atomic E-state index is 13.2. The number of carbonyl (C=O) groups is 5. The number of rotatable bonds is 22. The number of aliphatic carboxylic acids is 2. The van der Waals surface area contributed by atoms with Crippen molar-refractivity contribution in [2.75, 3.05) is 12.9 Å². The van der Waals surface area contributed by atoms with E-state index in [0.29, 0.717) is 18.6 Å². The number of hydrogen-bond acceptors (Lipinski definition) is 9. The van der Waals surface area contributed by atoms with E-state index in [2.05, 4.69) is 17.6 Å². The molecule has 12 nitrogen and oxygen atoms in total. The Labute approximate surface area is 257 Å². The molecule has 2 amide bonds. The average molecular weight is 626 g/mol. The van der Waals surface area contributed by atoms with Crippen molar-refractivity contribution in [3.63, 3.8) is 0 Å². The van der Waals surface area contributed by atoms with Crippen molar-refractivity contribution in [2.24, 2.45) is 11.7 Å². The van der Waals surface area contributed by atoms with Crippen LogP contribution in [-0.4, -0.2) is 81.1 Å². The Morgan fingerprint density at radius 2 is 1.70 bits per heavy atom. The zero-order valence-electron chi connectivity index (χ0n) is 25.5. The molecule has 0 aliphatic heterocycles. The standard InChI is InChI=1S/C30H47N3O9S/c1-5-6-7-8-21(15-20(34)11-9-19-10-12-25(35)26(14-19)42-4)43-17-24(32-27(36)16-22(31)29(38)39)28(37)33-23(30(40)41)13-18(2)3/h10,12,14,18,21-24,35H,5-9,11,13,15-17,31H2,1-4H3,(H,32,36)(H,33,37)(H,38,39)(H,40,41). The van der Waals surface area contributed by atoms with E-state index in [9.17, 15) is 34.2 Å². The molecule has 0 fully saturated rings. The minimum atomic E-state index is -1.46. The summed E-state index contributed by atoms with van der Waals surface area (Å²) in [5.74, 6) is -3.66. The normalized spacial score (nSPS) is 13.9. The number of aromatic hydroxyl groups is 1. The molecular weight excluding hydrogens is 578 g/mol. The molecule has 0 radical (unpaired) electrons. The fourth-order valence-electron chi connectivity index (χ4n) is 4.30. The maximum atomic E-state index is 13.2. The summed E-state index contributed by atoms with van der Waals surface area (Å²) in [5, 5.41) is 33.3. The second-order valence-electron chi connectivity index (χ2n) is 11.0. The van der Waals surface area contributed by atoms with Gasteiger partial charge in [-0.15, -0.1) is 0 Å². The number of ketones is 1. The summed E-state index contributed by atoms with van der Waals surface area (Å²) in [6.45, 7) is 5.70. The first-order valence-electron chi connectivity index (χ1n) is 14.6. The van der Waals surface area contributed by atoms with E-state index in [-0.39, 0.29) is 47.7 Å². The van der Waals surface area contributed by atoms with Crippen LogP contribution in [-0.2, 0) is 30.4 Å². The van der Waals surface area contributed by atoms with Gasteiger partial charge in [-0.25, -0.2) is 4.79 Å². The van der Waals surface area contributed by atoms with Crippen molar-refractivity contribution in [3.05, 3.63) is 23.8 Å². The van der Waals surface area contributed by atoms with Crippen LogP contribution < -0.4 is 21.1 Å². The van der Waals surface area contributed by atoms with Gasteiger partial charge in [0.1, 0.15) is 23.9 Å². The summed E-state index contributed by atoms with van der Waals surface area (Å²) in [6.07, 6.45) is 4.09. The lowest BCUT2D eigenvalue weighted by atomic mass is 10.0. The highest BCUT2D eigenvalue weighted by Gasteiger charge is 2.29. The van der Waals surface area contributed by atoms with Crippen molar-refractivity contribution in [1.82, 2.24) is 10.6 Å². The Bertz CT molecular complexity index is 1080. The van der Waals surface area contributed by atoms with Crippen LogP contribution in [0.4, 0.5) is 0 Å². The minimum Gasteiger partial charge on any atom is -0.504 e. The molecule has 0 aromatic heterocycles. The minimum absolute atomic E-state index is 0.0134. The van der Waals surface area contributed by atoms with Gasteiger partial charge in [-0.05, 0) is 42.9 Å². The van der Waals surface area contributed by atoms with Crippen LogP contribution in [0.3, 0.4) is 0 Å². The summed E-state index contributed by atoms with van der Waals surface area (Å²) < 4.78 is 5.13. The summed E-state index contributed by atoms with van der Waals surface area (Å²) in [5.41, 5.74) is 6.32. The van der Waals surface area contributed by atoms with Crippen LogP contribution in [0.25, 0.3) is 0 Å². The van der Waals surface area contributed by atoms with Crippen LogP contribution in [0.2, 0.25) is 0 Å². The fraction of sp³-hybridized carbons (Fsp3) is 0.633. The molecule has 242 valence electrons. The molecule has 0 saturated carbocycles. The molecule has 13 heteroatoms. The molecule has 1 aromatic rings. The van der Waals surface area contributed by atoms with Gasteiger partial charge in [0.25, 0.3) is 0 Å². The number of methoxy groups -OCH3 is 1. The van der Waals surface area contributed by atoms with Gasteiger partial charge in [-0.2, -0.15) is 11.8 Å². The first-order valence-corrected chi connectivity index (χ1v) is 15.6. The summed E-state index contributed by atoms with van der Waals surface area (Å²) in [4.78, 5) is 61.5. The second-order valence-corrected chi connectivity index (χ2v) is 12.3. The lowest BCUT2D eigenvalue weighted by Crippen LogP contribution is -2.53. The smallest absolute Gasteiger partial charge is 0.326 e. The largest absolute Gasteiger partial charge is 0.504 e. The SMILES string of the molecule is CCCCCC(CC(=O)CCc1ccc(O)c(OC)c1)SCC(NC(=O)CC(N)C(=O)O)C(=O)NC(CC(C)C)C(=O)O. The van der Waals surface area contributed by atoms with Gasteiger partial charge in [0.2, 0.25) is 11.8 Å². The van der Waals surface area contributed by atoms with E-state index in [4.69, 9.17) is 15.6 Å². The van der Waals surface area contributed by atoms with Gasteiger partial charge < -0.3 is 36.4 Å². The Balaban J connectivity index is 3.00. The van der Waals surface area contributed by atoms with Gasteiger partial charge in [-0.1, -0.05) is 46.1 Å². The predicted molar refractivity (Wildman–Crippen MR) is 164 cm³/mol. The van der Waals surface area contributed by atoms with E-state index in [1.165, 1.54) is 24.9 Å². The highest BCUT2D eigenvalue weighted by atomic mass is 32.2. The lowest BCUT2D eigenvalue weighted by molar-refractivity contribution is -0.143. The zero-order valence-corrected chi connectivity index (χ0v) is 26.3. The average Bonchev–Trinajstić information content (AvgIpc) is 2.93. The third-order valence-corrected chi connectivity index (χ3v) is 8.12. The van der Waals surface area contributed by atoms with Crippen molar-refractivity contribution in [1.29, 1.82) is 0 Å². The quantitative estimate of drug-likeness (QED) is 0.103. The molecule has 1 aromatic carbocycles. The number of carboxylic acid groups (broad SMARTS) is 2. The highest BCUT2D eigenvalue weighted by Crippen LogP contribution is 2.28. The van der Waals surface area contributed by atoms with Gasteiger partial charge in [0.15, 0.2) is 11.5 Å². The summed E-state index contributed by atoms with van der Waals surface area (Å²) in [7, 11) is 1.45. The molecule has 1 rings (SSSR count). The molecular formula is C30H47N3O9S. The number of ether oxygens (including phenoxy) is 1. The third-order valence-electron chi connectivity index (χ3n) is 6.72. The van der Waals surface area contributed by atoms with E-state index in [0.717, 1.165) is 24.8 Å². The zero-order chi connectivity index (χ0) is 32.5. The number of nitrogens with two attached hydrogens (primary N) is 1. The van der Waals surface area contributed by atoms with Crippen LogP contribution in [0, 0.1) is 5.92 Å². The molecule has 0 bridgehead atoms. The van der Waals surface area contributed by atoms with Crippen molar-refractivity contribution < 1.29 is 44.0 Å². The number of hydrogen-bond donors (Lipinski definition) is 6. The Hall–Kier alpha value is -3.32. The van der Waals surface area contributed by atoms with E-state index in [1.54, 1.807) is 12.1 Å². The topological polar surface area (TPSA) is 205 Å². The first-order chi connectivity index (χ1) is 20.3. The predicted octanol–water partition coefficient (Wildman–Crippen LogP) is 2.88. The maximum Gasteiger partial charge on any atom is 0.326 e. The Kier molecular flexibility index (Phi) is 17.4. The van der Waals surface area contributed by atoms with Crippen LogP contribution in [0.5, 0.6) is 11.5 Å². The molecule has 4 atom stereocenters. The Morgan fingerprint density at radius 1 is 1.00 bits per heavy atom. The fourth-order valence-corrected chi connectivity index (χ4v) is 5.64. The molecule has 43 heavy (non-hydrogen) atoms. The van der Waals surface area contributed by atoms with Crippen molar-refractivity contribution in [2.45, 2.75) is 102 Å².